The minimum absolute atomic E-state index is 0.0976. The van der Waals surface area contributed by atoms with Gasteiger partial charge in [0.2, 0.25) is 5.88 Å². The Kier molecular flexibility index (Phi) is 5.13. The molecule has 2 aromatic heterocycles. The molecule has 7 nitrogen and oxygen atoms in total. The SMILES string of the molecule is COc1cccc([C@H](C)NC(=O)COc2cc(C)c3c(C4CC4)nn(C)c3n2)c1. The van der Waals surface area contributed by atoms with Gasteiger partial charge in [-0.2, -0.15) is 10.1 Å². The summed E-state index contributed by atoms with van der Waals surface area (Å²) in [4.78, 5) is 16.9. The van der Waals surface area contributed by atoms with E-state index in [1.807, 2.05) is 51.2 Å². The fraction of sp³-hybridized carbons (Fsp3) is 0.409. The zero-order chi connectivity index (χ0) is 20.5. The number of pyridine rings is 1. The van der Waals surface area contributed by atoms with Gasteiger partial charge in [0.15, 0.2) is 12.3 Å². The summed E-state index contributed by atoms with van der Waals surface area (Å²) in [6, 6.07) is 9.36. The molecule has 1 N–H and O–H groups in total. The van der Waals surface area contributed by atoms with Gasteiger partial charge >= 0.3 is 0 Å². The number of benzene rings is 1. The van der Waals surface area contributed by atoms with E-state index in [0.717, 1.165) is 33.6 Å². The Morgan fingerprint density at radius 2 is 2.14 bits per heavy atom. The Hall–Kier alpha value is -3.09. The van der Waals surface area contributed by atoms with Crippen molar-refractivity contribution in [1.82, 2.24) is 20.1 Å². The second kappa shape index (κ2) is 7.73. The standard InChI is InChI=1S/C22H26N4O3/c1-13-10-19(24-22-20(13)21(15-8-9-15)25-26(22)3)29-12-18(27)23-14(2)16-6-5-7-17(11-16)28-4/h5-7,10-11,14-15H,8-9,12H2,1-4H3,(H,23,27)/t14-/m0/s1. The number of rotatable bonds is 7. The fourth-order valence-electron chi connectivity index (χ4n) is 3.57. The van der Waals surface area contributed by atoms with Gasteiger partial charge < -0.3 is 14.8 Å². The fourth-order valence-corrected chi connectivity index (χ4v) is 3.57. The maximum atomic E-state index is 12.4. The molecule has 29 heavy (non-hydrogen) atoms. The predicted molar refractivity (Wildman–Crippen MR) is 110 cm³/mol. The van der Waals surface area contributed by atoms with Gasteiger partial charge in [-0.1, -0.05) is 12.1 Å². The van der Waals surface area contributed by atoms with Crippen molar-refractivity contribution in [3.05, 3.63) is 47.2 Å². The molecule has 1 fully saturated rings. The molecule has 2 heterocycles. The van der Waals surface area contributed by atoms with Crippen molar-refractivity contribution >= 4 is 16.9 Å². The summed E-state index contributed by atoms with van der Waals surface area (Å²) in [6.07, 6.45) is 2.38. The smallest absolute Gasteiger partial charge is 0.258 e. The second-order valence-electron chi connectivity index (χ2n) is 7.61. The summed E-state index contributed by atoms with van der Waals surface area (Å²) in [5.74, 6) is 1.54. The van der Waals surface area contributed by atoms with Crippen molar-refractivity contribution in [1.29, 1.82) is 0 Å². The van der Waals surface area contributed by atoms with E-state index >= 15 is 0 Å². The first-order chi connectivity index (χ1) is 14.0. The lowest BCUT2D eigenvalue weighted by Gasteiger charge is -2.15. The molecule has 1 saturated carbocycles. The van der Waals surface area contributed by atoms with Crippen LogP contribution < -0.4 is 14.8 Å². The van der Waals surface area contributed by atoms with E-state index < -0.39 is 0 Å². The largest absolute Gasteiger partial charge is 0.497 e. The van der Waals surface area contributed by atoms with E-state index in [2.05, 4.69) is 15.4 Å². The monoisotopic (exact) mass is 394 g/mol. The van der Waals surface area contributed by atoms with E-state index in [0.29, 0.717) is 11.8 Å². The zero-order valence-electron chi connectivity index (χ0n) is 17.2. The number of nitrogens with one attached hydrogen (secondary N) is 1. The molecule has 0 radical (unpaired) electrons. The number of hydrogen-bond donors (Lipinski definition) is 1. The highest BCUT2D eigenvalue weighted by Gasteiger charge is 2.30. The van der Waals surface area contributed by atoms with E-state index in [1.54, 1.807) is 11.8 Å². The van der Waals surface area contributed by atoms with Gasteiger partial charge in [-0.25, -0.2) is 0 Å². The number of ether oxygens (including phenoxy) is 2. The number of aromatic nitrogens is 3. The molecule has 0 unspecified atom stereocenters. The molecule has 0 saturated heterocycles. The van der Waals surface area contributed by atoms with Crippen LogP contribution in [0, 0.1) is 6.92 Å². The molecular formula is C22H26N4O3. The number of carbonyl (C=O) groups is 1. The predicted octanol–water partition coefficient (Wildman–Crippen LogP) is 3.42. The zero-order valence-corrected chi connectivity index (χ0v) is 17.2. The molecule has 0 bridgehead atoms. The maximum absolute atomic E-state index is 12.4. The number of amides is 1. The molecular weight excluding hydrogens is 368 g/mol. The molecule has 3 aromatic rings. The van der Waals surface area contributed by atoms with Gasteiger partial charge in [0.25, 0.3) is 5.91 Å². The van der Waals surface area contributed by atoms with Crippen molar-refractivity contribution in [2.75, 3.05) is 13.7 Å². The van der Waals surface area contributed by atoms with Crippen LogP contribution in [0.4, 0.5) is 0 Å². The summed E-state index contributed by atoms with van der Waals surface area (Å²) >= 11 is 0. The topological polar surface area (TPSA) is 78.3 Å². The Balaban J connectivity index is 1.42. The average Bonchev–Trinajstić information content (AvgIpc) is 3.50. The van der Waals surface area contributed by atoms with E-state index in [-0.39, 0.29) is 18.6 Å². The molecule has 1 aromatic carbocycles. The van der Waals surface area contributed by atoms with Gasteiger partial charge in [-0.05, 0) is 49.9 Å². The van der Waals surface area contributed by atoms with Gasteiger partial charge in [-0.15, -0.1) is 0 Å². The second-order valence-corrected chi connectivity index (χ2v) is 7.61. The Labute approximate surface area is 170 Å². The summed E-state index contributed by atoms with van der Waals surface area (Å²) in [5.41, 5.74) is 3.97. The van der Waals surface area contributed by atoms with Gasteiger partial charge in [0.1, 0.15) is 5.75 Å². The van der Waals surface area contributed by atoms with Gasteiger partial charge in [0.05, 0.1) is 18.8 Å². The van der Waals surface area contributed by atoms with Crippen molar-refractivity contribution in [2.24, 2.45) is 7.05 Å². The van der Waals surface area contributed by atoms with Crippen LogP contribution in [0.15, 0.2) is 30.3 Å². The first-order valence-corrected chi connectivity index (χ1v) is 9.86. The highest BCUT2D eigenvalue weighted by atomic mass is 16.5. The maximum Gasteiger partial charge on any atom is 0.258 e. The molecule has 152 valence electrons. The minimum atomic E-state index is -0.205. The minimum Gasteiger partial charge on any atom is -0.497 e. The van der Waals surface area contributed by atoms with Gasteiger partial charge in [-0.3, -0.25) is 9.48 Å². The molecule has 4 rings (SSSR count). The lowest BCUT2D eigenvalue weighted by molar-refractivity contribution is -0.123. The van der Waals surface area contributed by atoms with Gasteiger partial charge in [0, 0.05) is 24.4 Å². The number of hydrogen-bond acceptors (Lipinski definition) is 5. The van der Waals surface area contributed by atoms with Crippen molar-refractivity contribution < 1.29 is 14.3 Å². The highest BCUT2D eigenvalue weighted by Crippen LogP contribution is 2.43. The normalized spacial score (nSPS) is 14.6. The molecule has 7 heteroatoms. The lowest BCUT2D eigenvalue weighted by Crippen LogP contribution is -2.31. The highest BCUT2D eigenvalue weighted by molar-refractivity contribution is 5.84. The van der Waals surface area contributed by atoms with Crippen LogP contribution in [0.3, 0.4) is 0 Å². The Morgan fingerprint density at radius 3 is 2.86 bits per heavy atom. The molecule has 1 aliphatic carbocycles. The molecule has 0 aliphatic heterocycles. The summed E-state index contributed by atoms with van der Waals surface area (Å²) in [7, 11) is 3.52. The average molecular weight is 394 g/mol. The number of nitrogens with zero attached hydrogens (tertiary/aromatic N) is 3. The summed E-state index contributed by atoms with van der Waals surface area (Å²) < 4.78 is 12.7. The van der Waals surface area contributed by atoms with E-state index in [1.165, 1.54) is 12.8 Å². The van der Waals surface area contributed by atoms with Crippen LogP contribution in [0.5, 0.6) is 11.6 Å². The van der Waals surface area contributed by atoms with Crippen LogP contribution in [0.1, 0.15) is 48.5 Å². The van der Waals surface area contributed by atoms with Crippen molar-refractivity contribution in [2.45, 2.75) is 38.6 Å². The summed E-state index contributed by atoms with van der Waals surface area (Å²) in [5, 5.41) is 8.70. The summed E-state index contributed by atoms with van der Waals surface area (Å²) in [6.45, 7) is 3.87. The molecule has 1 amide bonds. The van der Waals surface area contributed by atoms with Crippen LogP contribution >= 0.6 is 0 Å². The number of aryl methyl sites for hydroxylation is 2. The van der Waals surface area contributed by atoms with Crippen molar-refractivity contribution in [3.63, 3.8) is 0 Å². The lowest BCUT2D eigenvalue weighted by atomic mass is 10.1. The Morgan fingerprint density at radius 1 is 1.34 bits per heavy atom. The molecule has 1 aliphatic rings. The quantitative estimate of drug-likeness (QED) is 0.664. The van der Waals surface area contributed by atoms with E-state index in [9.17, 15) is 4.79 Å². The van der Waals surface area contributed by atoms with Crippen LogP contribution in [-0.4, -0.2) is 34.4 Å². The molecule has 1 atom stereocenters. The number of methoxy groups -OCH3 is 1. The Bertz CT molecular complexity index is 1060. The number of fused-ring (bicyclic) bond motifs is 1. The first kappa shape index (κ1) is 19.2. The third-order valence-corrected chi connectivity index (χ3v) is 5.28. The molecule has 0 spiro atoms. The third kappa shape index (κ3) is 4.04. The van der Waals surface area contributed by atoms with Crippen LogP contribution in [0.25, 0.3) is 11.0 Å². The number of carbonyl (C=O) groups excluding carboxylic acids is 1. The first-order valence-electron chi connectivity index (χ1n) is 9.86. The van der Waals surface area contributed by atoms with Crippen LogP contribution in [0.2, 0.25) is 0 Å². The van der Waals surface area contributed by atoms with Crippen LogP contribution in [-0.2, 0) is 11.8 Å². The third-order valence-electron chi connectivity index (χ3n) is 5.28. The van der Waals surface area contributed by atoms with Crippen molar-refractivity contribution in [3.8, 4) is 11.6 Å². The van der Waals surface area contributed by atoms with E-state index in [4.69, 9.17) is 9.47 Å².